The van der Waals surface area contributed by atoms with Gasteiger partial charge in [-0.25, -0.2) is 9.97 Å². The van der Waals surface area contributed by atoms with Gasteiger partial charge < -0.3 is 15.3 Å². The van der Waals surface area contributed by atoms with Crippen molar-refractivity contribution in [1.29, 1.82) is 0 Å². The molecule has 0 bridgehead atoms. The van der Waals surface area contributed by atoms with Crippen molar-refractivity contribution < 1.29 is 5.11 Å². The van der Waals surface area contributed by atoms with Crippen LogP contribution in [0, 0.1) is 0 Å². The number of rotatable bonds is 8. The highest BCUT2D eigenvalue weighted by Gasteiger charge is 2.08. The van der Waals surface area contributed by atoms with E-state index < -0.39 is 0 Å². The van der Waals surface area contributed by atoms with Gasteiger partial charge in [-0.1, -0.05) is 13.8 Å². The number of likely N-dealkylation sites (N-methyl/N-ethyl adjacent to an activating group) is 1. The number of nitrogens with one attached hydrogen (secondary N) is 1. The minimum Gasteiger partial charge on any atom is -0.390 e. The van der Waals surface area contributed by atoms with Gasteiger partial charge in [-0.3, -0.25) is 0 Å². The van der Waals surface area contributed by atoms with Crippen LogP contribution in [0.4, 0.5) is 0 Å². The van der Waals surface area contributed by atoms with Crippen molar-refractivity contribution in [2.45, 2.75) is 26.5 Å². The van der Waals surface area contributed by atoms with Crippen molar-refractivity contribution in [2.24, 2.45) is 0 Å². The molecular weight excluding hydrogens is 216 g/mol. The molecule has 5 heteroatoms. The molecule has 17 heavy (non-hydrogen) atoms. The first-order valence-corrected chi connectivity index (χ1v) is 6.12. The molecule has 0 aromatic carbocycles. The molecule has 0 saturated heterocycles. The van der Waals surface area contributed by atoms with Crippen LogP contribution in [0.2, 0.25) is 0 Å². The Balaban J connectivity index is 2.18. The Morgan fingerprint density at radius 3 is 2.76 bits per heavy atom. The van der Waals surface area contributed by atoms with Crippen molar-refractivity contribution >= 4 is 0 Å². The summed E-state index contributed by atoms with van der Waals surface area (Å²) < 4.78 is 0. The summed E-state index contributed by atoms with van der Waals surface area (Å²) in [6.45, 7) is 8.11. The normalized spacial score (nSPS) is 12.9. The van der Waals surface area contributed by atoms with Gasteiger partial charge in [0.05, 0.1) is 11.8 Å². The second kappa shape index (κ2) is 8.11. The van der Waals surface area contributed by atoms with Gasteiger partial charge >= 0.3 is 0 Å². The number of aromatic nitrogens is 2. The lowest BCUT2D eigenvalue weighted by molar-refractivity contribution is 0.116. The molecule has 0 spiro atoms. The van der Waals surface area contributed by atoms with E-state index in [1.807, 2.05) is 6.07 Å². The minimum atomic E-state index is -0.336. The fraction of sp³-hybridized carbons (Fsp3) is 0.667. The molecule has 1 aromatic heterocycles. The van der Waals surface area contributed by atoms with Gasteiger partial charge in [0.25, 0.3) is 0 Å². The van der Waals surface area contributed by atoms with Crippen LogP contribution < -0.4 is 5.32 Å². The second-order valence-electron chi connectivity index (χ2n) is 3.97. The first-order valence-electron chi connectivity index (χ1n) is 6.12. The van der Waals surface area contributed by atoms with Crippen molar-refractivity contribution in [1.82, 2.24) is 20.2 Å². The first-order chi connectivity index (χ1) is 8.26. The van der Waals surface area contributed by atoms with E-state index in [-0.39, 0.29) is 6.10 Å². The Morgan fingerprint density at radius 1 is 1.41 bits per heavy atom. The van der Waals surface area contributed by atoms with Gasteiger partial charge in [0.1, 0.15) is 6.33 Å². The highest BCUT2D eigenvalue weighted by molar-refractivity contribution is 4.96. The quantitative estimate of drug-likeness (QED) is 0.680. The molecule has 0 radical (unpaired) electrons. The van der Waals surface area contributed by atoms with Crippen molar-refractivity contribution in [3.8, 4) is 0 Å². The van der Waals surface area contributed by atoms with E-state index >= 15 is 0 Å². The number of nitrogens with zero attached hydrogens (tertiary/aromatic N) is 3. The summed E-state index contributed by atoms with van der Waals surface area (Å²) in [5.41, 5.74) is 0.940. The molecule has 0 saturated carbocycles. The maximum absolute atomic E-state index is 9.82. The summed E-state index contributed by atoms with van der Waals surface area (Å²) in [6.07, 6.45) is 2.91. The second-order valence-corrected chi connectivity index (χ2v) is 3.97. The monoisotopic (exact) mass is 238 g/mol. The van der Waals surface area contributed by atoms with Gasteiger partial charge in [-0.2, -0.15) is 0 Å². The molecule has 0 amide bonds. The number of aliphatic hydroxyl groups excluding tert-OH is 1. The molecular formula is C12H22N4O. The topological polar surface area (TPSA) is 61.3 Å². The van der Waals surface area contributed by atoms with Crippen LogP contribution in [-0.4, -0.2) is 52.3 Å². The van der Waals surface area contributed by atoms with Crippen molar-refractivity contribution in [3.63, 3.8) is 0 Å². The Labute approximate surface area is 103 Å². The summed E-state index contributed by atoms with van der Waals surface area (Å²) in [5.74, 6) is 0. The lowest BCUT2D eigenvalue weighted by Gasteiger charge is -2.21. The van der Waals surface area contributed by atoms with Crippen LogP contribution in [0.1, 0.15) is 19.5 Å². The van der Waals surface area contributed by atoms with Crippen LogP contribution in [0.5, 0.6) is 0 Å². The van der Waals surface area contributed by atoms with E-state index in [1.165, 1.54) is 6.33 Å². The van der Waals surface area contributed by atoms with Crippen molar-refractivity contribution in [3.05, 3.63) is 24.3 Å². The van der Waals surface area contributed by atoms with Gasteiger partial charge in [-0.05, 0) is 19.2 Å². The van der Waals surface area contributed by atoms with E-state index in [4.69, 9.17) is 0 Å². The fourth-order valence-corrected chi connectivity index (χ4v) is 1.63. The van der Waals surface area contributed by atoms with E-state index in [0.29, 0.717) is 19.6 Å². The summed E-state index contributed by atoms with van der Waals surface area (Å²) in [4.78, 5) is 10.2. The molecule has 2 N–H and O–H groups in total. The molecule has 0 aliphatic rings. The molecule has 1 aromatic rings. The minimum absolute atomic E-state index is 0.336. The van der Waals surface area contributed by atoms with Gasteiger partial charge in [-0.15, -0.1) is 0 Å². The zero-order chi connectivity index (χ0) is 12.5. The van der Waals surface area contributed by atoms with E-state index in [9.17, 15) is 5.11 Å². The zero-order valence-corrected chi connectivity index (χ0v) is 10.6. The molecule has 96 valence electrons. The highest BCUT2D eigenvalue weighted by Crippen LogP contribution is 1.93. The lowest BCUT2D eigenvalue weighted by Crippen LogP contribution is -2.38. The number of aliphatic hydroxyl groups is 1. The smallest absolute Gasteiger partial charge is 0.115 e. The Kier molecular flexibility index (Phi) is 6.69. The number of hydrogen-bond donors (Lipinski definition) is 2. The first kappa shape index (κ1) is 14.0. The standard InChI is InChI=1S/C12H22N4O/c1-3-16(4-2)9-12(17)8-14-7-11-5-6-13-10-15-11/h5-6,10,12,14,17H,3-4,7-9H2,1-2H3. The Hall–Kier alpha value is -1.04. The third-order valence-corrected chi connectivity index (χ3v) is 2.69. The third kappa shape index (κ3) is 5.72. The molecule has 1 atom stereocenters. The number of hydrogen-bond acceptors (Lipinski definition) is 5. The molecule has 0 aliphatic carbocycles. The molecule has 1 heterocycles. The zero-order valence-electron chi connectivity index (χ0n) is 10.6. The van der Waals surface area contributed by atoms with E-state index in [2.05, 4.69) is 34.0 Å². The molecule has 1 rings (SSSR count). The van der Waals surface area contributed by atoms with Crippen LogP contribution in [0.15, 0.2) is 18.6 Å². The molecule has 0 aliphatic heterocycles. The molecule has 0 fully saturated rings. The molecule has 5 nitrogen and oxygen atoms in total. The van der Waals surface area contributed by atoms with E-state index in [0.717, 1.165) is 18.8 Å². The van der Waals surface area contributed by atoms with E-state index in [1.54, 1.807) is 6.20 Å². The lowest BCUT2D eigenvalue weighted by atomic mass is 10.3. The van der Waals surface area contributed by atoms with Gasteiger partial charge in [0.2, 0.25) is 0 Å². The fourth-order valence-electron chi connectivity index (χ4n) is 1.63. The summed E-state index contributed by atoms with van der Waals surface area (Å²) in [5, 5.41) is 13.0. The highest BCUT2D eigenvalue weighted by atomic mass is 16.3. The van der Waals surface area contributed by atoms with Crippen LogP contribution >= 0.6 is 0 Å². The predicted octanol–water partition coefficient (Wildman–Crippen LogP) is 0.269. The van der Waals surface area contributed by atoms with Crippen LogP contribution in [0.3, 0.4) is 0 Å². The van der Waals surface area contributed by atoms with Crippen molar-refractivity contribution in [2.75, 3.05) is 26.2 Å². The largest absolute Gasteiger partial charge is 0.390 e. The summed E-state index contributed by atoms with van der Waals surface area (Å²) in [6, 6.07) is 1.86. The predicted molar refractivity (Wildman–Crippen MR) is 67.5 cm³/mol. The van der Waals surface area contributed by atoms with Gasteiger partial charge in [0, 0.05) is 25.8 Å². The molecule has 1 unspecified atom stereocenters. The summed E-state index contributed by atoms with van der Waals surface area (Å²) in [7, 11) is 0. The maximum Gasteiger partial charge on any atom is 0.115 e. The van der Waals surface area contributed by atoms with Gasteiger partial charge in [0.15, 0.2) is 0 Å². The Morgan fingerprint density at radius 2 is 2.18 bits per heavy atom. The maximum atomic E-state index is 9.82. The Bertz CT molecular complexity index is 290. The average Bonchev–Trinajstić information content (AvgIpc) is 2.37. The summed E-state index contributed by atoms with van der Waals surface area (Å²) >= 11 is 0. The van der Waals surface area contributed by atoms with Crippen LogP contribution in [0.25, 0.3) is 0 Å². The third-order valence-electron chi connectivity index (χ3n) is 2.69. The average molecular weight is 238 g/mol. The van der Waals surface area contributed by atoms with Crippen LogP contribution in [-0.2, 0) is 6.54 Å². The SMILES string of the molecule is CCN(CC)CC(O)CNCc1ccncn1.